The smallest absolute Gasteiger partial charge is 0.131 e. The molecule has 0 unspecified atom stereocenters. The Morgan fingerprint density at radius 2 is 1.95 bits per heavy atom. The van der Waals surface area contributed by atoms with E-state index in [1.54, 1.807) is 0 Å². The van der Waals surface area contributed by atoms with E-state index < -0.39 is 0 Å². The highest BCUT2D eigenvalue weighted by Gasteiger charge is 2.14. The molecule has 102 valence electrons. The SMILES string of the molecule is CCc1nn(CC)c(COc2ccc(Cl)cc2)c1Br. The zero-order chi connectivity index (χ0) is 13.8. The van der Waals surface area contributed by atoms with Gasteiger partial charge in [0, 0.05) is 11.6 Å². The summed E-state index contributed by atoms with van der Waals surface area (Å²) in [6.45, 7) is 5.49. The Bertz CT molecular complexity index is 551. The van der Waals surface area contributed by atoms with Crippen molar-refractivity contribution in [3.8, 4) is 5.75 Å². The first-order valence-electron chi connectivity index (χ1n) is 6.28. The van der Waals surface area contributed by atoms with Crippen LogP contribution in [0, 0.1) is 0 Å². The van der Waals surface area contributed by atoms with Crippen molar-refractivity contribution in [1.29, 1.82) is 0 Å². The molecule has 0 saturated carbocycles. The fourth-order valence-electron chi connectivity index (χ4n) is 1.84. The molecule has 0 bridgehead atoms. The molecule has 19 heavy (non-hydrogen) atoms. The van der Waals surface area contributed by atoms with E-state index in [4.69, 9.17) is 16.3 Å². The van der Waals surface area contributed by atoms with Crippen LogP contribution in [0.15, 0.2) is 28.7 Å². The molecule has 0 radical (unpaired) electrons. The van der Waals surface area contributed by atoms with Crippen LogP contribution in [0.25, 0.3) is 0 Å². The topological polar surface area (TPSA) is 27.1 Å². The van der Waals surface area contributed by atoms with Crippen molar-refractivity contribution in [1.82, 2.24) is 9.78 Å². The molecule has 5 heteroatoms. The van der Waals surface area contributed by atoms with Crippen LogP contribution in [0.4, 0.5) is 0 Å². The third kappa shape index (κ3) is 3.31. The molecule has 2 rings (SSSR count). The van der Waals surface area contributed by atoms with Gasteiger partial charge in [-0.25, -0.2) is 0 Å². The molecule has 1 aromatic heterocycles. The van der Waals surface area contributed by atoms with Crippen molar-refractivity contribution in [3.63, 3.8) is 0 Å². The summed E-state index contributed by atoms with van der Waals surface area (Å²) in [6.07, 6.45) is 0.904. The molecule has 1 aromatic carbocycles. The normalized spacial score (nSPS) is 10.7. The van der Waals surface area contributed by atoms with Crippen LogP contribution < -0.4 is 4.74 Å². The van der Waals surface area contributed by atoms with Crippen LogP contribution in [-0.4, -0.2) is 9.78 Å². The quantitative estimate of drug-likeness (QED) is 0.801. The van der Waals surface area contributed by atoms with Crippen molar-refractivity contribution >= 4 is 27.5 Å². The number of aromatic nitrogens is 2. The van der Waals surface area contributed by atoms with Gasteiger partial charge in [-0.1, -0.05) is 18.5 Å². The Balaban J connectivity index is 2.14. The van der Waals surface area contributed by atoms with E-state index in [-0.39, 0.29) is 0 Å². The Kier molecular flexibility index (Phi) is 4.88. The molecule has 0 saturated heterocycles. The van der Waals surface area contributed by atoms with Gasteiger partial charge in [0.05, 0.1) is 15.9 Å². The molecule has 0 aliphatic heterocycles. The number of halogens is 2. The van der Waals surface area contributed by atoms with E-state index in [0.29, 0.717) is 11.6 Å². The summed E-state index contributed by atoms with van der Waals surface area (Å²) in [6, 6.07) is 7.37. The fraction of sp³-hybridized carbons (Fsp3) is 0.357. The van der Waals surface area contributed by atoms with Crippen molar-refractivity contribution in [2.75, 3.05) is 0 Å². The van der Waals surface area contributed by atoms with Crippen molar-refractivity contribution in [3.05, 3.63) is 45.1 Å². The zero-order valence-corrected chi connectivity index (χ0v) is 13.3. The van der Waals surface area contributed by atoms with Crippen LogP contribution in [0.1, 0.15) is 25.2 Å². The monoisotopic (exact) mass is 342 g/mol. The van der Waals surface area contributed by atoms with E-state index >= 15 is 0 Å². The molecule has 0 amide bonds. The number of aryl methyl sites for hydroxylation is 2. The number of nitrogens with zero attached hydrogens (tertiary/aromatic N) is 2. The van der Waals surface area contributed by atoms with E-state index in [2.05, 4.69) is 34.9 Å². The van der Waals surface area contributed by atoms with Crippen molar-refractivity contribution < 1.29 is 4.74 Å². The Morgan fingerprint density at radius 3 is 2.53 bits per heavy atom. The van der Waals surface area contributed by atoms with Gasteiger partial charge in [-0.2, -0.15) is 5.10 Å². The minimum atomic E-state index is 0.489. The van der Waals surface area contributed by atoms with Gasteiger partial charge in [-0.15, -0.1) is 0 Å². The van der Waals surface area contributed by atoms with Gasteiger partial charge >= 0.3 is 0 Å². The van der Waals surface area contributed by atoms with E-state index in [1.807, 2.05) is 28.9 Å². The highest BCUT2D eigenvalue weighted by Crippen LogP contribution is 2.24. The first-order chi connectivity index (χ1) is 9.15. The summed E-state index contributed by atoms with van der Waals surface area (Å²) < 4.78 is 8.80. The summed E-state index contributed by atoms with van der Waals surface area (Å²) in [5.74, 6) is 0.804. The molecule has 1 heterocycles. The second kappa shape index (κ2) is 6.44. The van der Waals surface area contributed by atoms with Gasteiger partial charge < -0.3 is 4.74 Å². The minimum Gasteiger partial charge on any atom is -0.487 e. The first-order valence-corrected chi connectivity index (χ1v) is 7.45. The highest BCUT2D eigenvalue weighted by atomic mass is 79.9. The molecule has 0 aliphatic rings. The van der Waals surface area contributed by atoms with Gasteiger partial charge in [0.1, 0.15) is 12.4 Å². The van der Waals surface area contributed by atoms with Crippen LogP contribution in [-0.2, 0) is 19.6 Å². The fourth-order valence-corrected chi connectivity index (χ4v) is 2.64. The van der Waals surface area contributed by atoms with Crippen LogP contribution in [0.5, 0.6) is 5.75 Å². The Morgan fingerprint density at radius 1 is 1.26 bits per heavy atom. The minimum absolute atomic E-state index is 0.489. The molecular weight excluding hydrogens is 328 g/mol. The summed E-state index contributed by atoms with van der Waals surface area (Å²) >= 11 is 9.45. The van der Waals surface area contributed by atoms with Crippen LogP contribution in [0.3, 0.4) is 0 Å². The number of ether oxygens (including phenoxy) is 1. The molecule has 2 aromatic rings. The molecule has 0 N–H and O–H groups in total. The lowest BCUT2D eigenvalue weighted by Gasteiger charge is -2.08. The predicted molar refractivity (Wildman–Crippen MR) is 80.8 cm³/mol. The molecule has 0 atom stereocenters. The van der Waals surface area contributed by atoms with Crippen LogP contribution >= 0.6 is 27.5 Å². The Hall–Kier alpha value is -1.000. The second-order valence-corrected chi connectivity index (χ2v) is 5.35. The Labute approximate surface area is 126 Å². The van der Waals surface area contributed by atoms with Gasteiger partial charge in [0.2, 0.25) is 0 Å². The average Bonchev–Trinajstić information content (AvgIpc) is 2.74. The molecule has 3 nitrogen and oxygen atoms in total. The molecular formula is C14H16BrClN2O. The van der Waals surface area contributed by atoms with Gasteiger partial charge in [-0.05, 0) is 53.5 Å². The average molecular weight is 344 g/mol. The van der Waals surface area contributed by atoms with Crippen molar-refractivity contribution in [2.24, 2.45) is 0 Å². The number of rotatable bonds is 5. The number of hydrogen-bond donors (Lipinski definition) is 0. The third-order valence-electron chi connectivity index (χ3n) is 2.88. The molecule has 0 aliphatic carbocycles. The lowest BCUT2D eigenvalue weighted by molar-refractivity contribution is 0.291. The summed E-state index contributed by atoms with van der Waals surface area (Å²) in [5.41, 5.74) is 2.13. The van der Waals surface area contributed by atoms with Crippen LogP contribution in [0.2, 0.25) is 5.02 Å². The summed E-state index contributed by atoms with van der Waals surface area (Å²) in [7, 11) is 0. The molecule has 0 fully saturated rings. The largest absolute Gasteiger partial charge is 0.487 e. The maximum absolute atomic E-state index is 5.85. The van der Waals surface area contributed by atoms with Gasteiger partial charge in [0.25, 0.3) is 0 Å². The van der Waals surface area contributed by atoms with Crippen molar-refractivity contribution in [2.45, 2.75) is 33.4 Å². The highest BCUT2D eigenvalue weighted by molar-refractivity contribution is 9.10. The van der Waals surface area contributed by atoms with E-state index in [9.17, 15) is 0 Å². The predicted octanol–water partition coefficient (Wildman–Crippen LogP) is 4.46. The lowest BCUT2D eigenvalue weighted by atomic mass is 10.3. The summed E-state index contributed by atoms with van der Waals surface area (Å²) in [4.78, 5) is 0. The zero-order valence-electron chi connectivity index (χ0n) is 11.0. The first kappa shape index (κ1) is 14.4. The van der Waals surface area contributed by atoms with E-state index in [0.717, 1.165) is 34.6 Å². The second-order valence-electron chi connectivity index (χ2n) is 4.12. The number of benzene rings is 1. The lowest BCUT2D eigenvalue weighted by Crippen LogP contribution is -2.06. The maximum Gasteiger partial charge on any atom is 0.131 e. The van der Waals surface area contributed by atoms with Gasteiger partial charge in [-0.3, -0.25) is 4.68 Å². The van der Waals surface area contributed by atoms with E-state index in [1.165, 1.54) is 0 Å². The maximum atomic E-state index is 5.85. The van der Waals surface area contributed by atoms with Gasteiger partial charge in [0.15, 0.2) is 0 Å². The summed E-state index contributed by atoms with van der Waals surface area (Å²) in [5, 5.41) is 5.25. The molecule has 0 spiro atoms. The number of hydrogen-bond acceptors (Lipinski definition) is 2. The standard InChI is InChI=1S/C14H16BrClN2O/c1-3-12-14(15)13(18(4-2)17-12)9-19-11-7-5-10(16)6-8-11/h5-8H,3-4,9H2,1-2H3. The third-order valence-corrected chi connectivity index (χ3v) is 4.05.